The highest BCUT2D eigenvalue weighted by Gasteiger charge is 2.10. The van der Waals surface area contributed by atoms with Gasteiger partial charge in [-0.2, -0.15) is 5.26 Å². The second-order valence-electron chi connectivity index (χ2n) is 6.43. The molecule has 128 valence electrons. The molecule has 0 bridgehead atoms. The van der Waals surface area contributed by atoms with E-state index >= 15 is 0 Å². The first-order chi connectivity index (χ1) is 12.8. The zero-order valence-electron chi connectivity index (χ0n) is 14.3. The number of nitrogens with zero attached hydrogens (tertiary/aromatic N) is 3. The van der Waals surface area contributed by atoms with Crippen molar-refractivity contribution >= 4 is 33.1 Å². The van der Waals surface area contributed by atoms with Crippen LogP contribution in [0.3, 0.4) is 0 Å². The molecule has 0 fully saturated rings. The van der Waals surface area contributed by atoms with E-state index in [9.17, 15) is 5.26 Å². The van der Waals surface area contributed by atoms with Gasteiger partial charge in [-0.1, -0.05) is 30.3 Å². The summed E-state index contributed by atoms with van der Waals surface area (Å²) in [6, 6.07) is 18.9. The summed E-state index contributed by atoms with van der Waals surface area (Å²) in [5.74, 6) is 0.650. The minimum atomic E-state index is 0.650. The van der Waals surface area contributed by atoms with E-state index in [1.54, 1.807) is 0 Å². The Morgan fingerprint density at radius 2 is 1.81 bits per heavy atom. The number of benzene rings is 3. The van der Waals surface area contributed by atoms with Crippen LogP contribution in [0, 0.1) is 11.3 Å². The molecule has 0 radical (unpaired) electrons. The molecule has 1 aromatic heterocycles. The second kappa shape index (κ2) is 7.19. The normalized spacial score (nSPS) is 11.1. The molecule has 3 aromatic carbocycles. The summed E-state index contributed by atoms with van der Waals surface area (Å²) in [7, 11) is 0. The smallest absolute Gasteiger partial charge is 0.0998 e. The number of hydrogen-bond donors (Lipinski definition) is 0. The van der Waals surface area contributed by atoms with Gasteiger partial charge in [-0.05, 0) is 52.8 Å². The molecule has 0 amide bonds. The van der Waals surface area contributed by atoms with Crippen LogP contribution in [0.4, 0.5) is 0 Å². The van der Waals surface area contributed by atoms with Crippen LogP contribution in [0.2, 0.25) is 0 Å². The van der Waals surface area contributed by atoms with E-state index in [0.29, 0.717) is 11.4 Å². The van der Waals surface area contributed by atoms with Gasteiger partial charge >= 0.3 is 0 Å². The summed E-state index contributed by atoms with van der Waals surface area (Å²) in [6.07, 6.45) is 5.63. The molecule has 0 unspecified atom stereocenters. The van der Waals surface area contributed by atoms with Crippen LogP contribution >= 0.6 is 11.6 Å². The minimum absolute atomic E-state index is 0.650. The van der Waals surface area contributed by atoms with Gasteiger partial charge < -0.3 is 4.57 Å². The van der Waals surface area contributed by atoms with E-state index in [4.69, 9.17) is 11.6 Å². The molecule has 4 heteroatoms. The maximum absolute atomic E-state index is 9.52. The van der Waals surface area contributed by atoms with E-state index in [1.165, 1.54) is 16.6 Å². The molecular formula is C22H18ClN3. The topological polar surface area (TPSA) is 41.6 Å². The molecule has 26 heavy (non-hydrogen) atoms. The van der Waals surface area contributed by atoms with E-state index < -0.39 is 0 Å². The summed E-state index contributed by atoms with van der Waals surface area (Å²) >= 11 is 5.84. The fraction of sp³-hybridized carbons (Fsp3) is 0.182. The number of aryl methyl sites for hydroxylation is 1. The molecule has 0 saturated carbocycles. The van der Waals surface area contributed by atoms with E-state index in [0.717, 1.165) is 35.5 Å². The molecule has 0 spiro atoms. The SMILES string of the molecule is N#Cc1ccc(Cn2cncc2CCCCl)c2cc3ccccc3cc12. The second-order valence-corrected chi connectivity index (χ2v) is 6.81. The molecule has 0 N–H and O–H groups in total. The van der Waals surface area contributed by atoms with Crippen molar-refractivity contribution in [3.8, 4) is 6.07 Å². The van der Waals surface area contributed by atoms with Crippen LogP contribution in [-0.2, 0) is 13.0 Å². The Hall–Kier alpha value is -2.83. The number of alkyl halides is 1. The molecule has 3 nitrogen and oxygen atoms in total. The van der Waals surface area contributed by atoms with E-state index in [2.05, 4.69) is 46.0 Å². The van der Waals surface area contributed by atoms with Crippen LogP contribution in [-0.4, -0.2) is 15.4 Å². The Labute approximate surface area is 157 Å². The van der Waals surface area contributed by atoms with Crippen molar-refractivity contribution in [1.29, 1.82) is 5.26 Å². The highest BCUT2D eigenvalue weighted by Crippen LogP contribution is 2.29. The third kappa shape index (κ3) is 3.05. The van der Waals surface area contributed by atoms with Gasteiger partial charge in [0, 0.05) is 29.7 Å². The van der Waals surface area contributed by atoms with Gasteiger partial charge in [0.25, 0.3) is 0 Å². The van der Waals surface area contributed by atoms with Crippen LogP contribution < -0.4 is 0 Å². The average molecular weight is 360 g/mol. The van der Waals surface area contributed by atoms with Crippen LogP contribution in [0.1, 0.15) is 23.2 Å². The molecule has 0 saturated heterocycles. The zero-order valence-corrected chi connectivity index (χ0v) is 15.1. The van der Waals surface area contributed by atoms with Crippen molar-refractivity contribution in [2.45, 2.75) is 19.4 Å². The molecule has 0 aliphatic heterocycles. The summed E-state index contributed by atoms with van der Waals surface area (Å²) in [5, 5.41) is 14.0. The van der Waals surface area contributed by atoms with Crippen molar-refractivity contribution in [2.24, 2.45) is 0 Å². The Morgan fingerprint density at radius 1 is 1.04 bits per heavy atom. The highest BCUT2D eigenvalue weighted by molar-refractivity contribution is 6.17. The Balaban J connectivity index is 1.84. The first-order valence-electron chi connectivity index (χ1n) is 8.69. The molecule has 1 heterocycles. The minimum Gasteiger partial charge on any atom is -0.330 e. The lowest BCUT2D eigenvalue weighted by Gasteiger charge is -2.12. The molecule has 0 aliphatic carbocycles. The molecular weight excluding hydrogens is 342 g/mol. The van der Waals surface area contributed by atoms with Crippen molar-refractivity contribution in [2.75, 3.05) is 5.88 Å². The highest BCUT2D eigenvalue weighted by atomic mass is 35.5. The quantitative estimate of drug-likeness (QED) is 0.359. The lowest BCUT2D eigenvalue weighted by Crippen LogP contribution is -2.04. The fourth-order valence-corrected chi connectivity index (χ4v) is 3.59. The van der Waals surface area contributed by atoms with Crippen molar-refractivity contribution < 1.29 is 0 Å². The number of aromatic nitrogens is 2. The summed E-state index contributed by atoms with van der Waals surface area (Å²) in [4.78, 5) is 4.30. The van der Waals surface area contributed by atoms with Gasteiger partial charge in [0.05, 0.1) is 18.0 Å². The standard InChI is InChI=1S/C22H18ClN3/c23-9-3-6-20-13-25-15-26(20)14-19-8-7-18(12-24)21-10-16-4-1-2-5-17(16)11-22(19)21/h1-2,4-5,7-8,10-11,13,15H,3,6,9,14H2. The van der Waals surface area contributed by atoms with Gasteiger partial charge in [0.2, 0.25) is 0 Å². The molecule has 0 aliphatic rings. The predicted octanol–water partition coefficient (Wildman–Crippen LogP) is 5.28. The monoisotopic (exact) mass is 359 g/mol. The zero-order chi connectivity index (χ0) is 17.9. The molecule has 4 aromatic rings. The van der Waals surface area contributed by atoms with Gasteiger partial charge in [-0.25, -0.2) is 4.98 Å². The van der Waals surface area contributed by atoms with E-state index in [-0.39, 0.29) is 0 Å². The van der Waals surface area contributed by atoms with E-state index in [1.807, 2.05) is 30.7 Å². The third-order valence-electron chi connectivity index (χ3n) is 4.80. The summed E-state index contributed by atoms with van der Waals surface area (Å²) < 4.78 is 2.17. The Kier molecular flexibility index (Phi) is 4.60. The lowest BCUT2D eigenvalue weighted by atomic mass is 9.96. The maximum Gasteiger partial charge on any atom is 0.0998 e. The lowest BCUT2D eigenvalue weighted by molar-refractivity contribution is 0.727. The van der Waals surface area contributed by atoms with Crippen molar-refractivity contribution in [1.82, 2.24) is 9.55 Å². The number of halogens is 1. The number of fused-ring (bicyclic) bond motifs is 2. The van der Waals surface area contributed by atoms with Gasteiger partial charge in [-0.15, -0.1) is 11.6 Å². The number of nitriles is 1. The van der Waals surface area contributed by atoms with Crippen molar-refractivity contribution in [3.63, 3.8) is 0 Å². The van der Waals surface area contributed by atoms with Crippen LogP contribution in [0.15, 0.2) is 61.1 Å². The average Bonchev–Trinajstić information content (AvgIpc) is 3.12. The largest absolute Gasteiger partial charge is 0.330 e. The van der Waals surface area contributed by atoms with Crippen molar-refractivity contribution in [3.05, 3.63) is 77.9 Å². The summed E-state index contributed by atoms with van der Waals surface area (Å²) in [5.41, 5.74) is 3.08. The molecule has 4 rings (SSSR count). The number of hydrogen-bond acceptors (Lipinski definition) is 2. The molecule has 0 atom stereocenters. The number of imidazole rings is 1. The number of rotatable bonds is 5. The first-order valence-corrected chi connectivity index (χ1v) is 9.23. The van der Waals surface area contributed by atoms with Crippen LogP contribution in [0.25, 0.3) is 21.5 Å². The van der Waals surface area contributed by atoms with Gasteiger partial charge in [0.15, 0.2) is 0 Å². The van der Waals surface area contributed by atoms with Gasteiger partial charge in [-0.3, -0.25) is 0 Å². The van der Waals surface area contributed by atoms with Gasteiger partial charge in [0.1, 0.15) is 0 Å². The fourth-order valence-electron chi connectivity index (χ4n) is 3.46. The Morgan fingerprint density at radius 3 is 2.54 bits per heavy atom. The first kappa shape index (κ1) is 16.6. The third-order valence-corrected chi connectivity index (χ3v) is 5.07. The Bertz CT molecular complexity index is 1120. The maximum atomic E-state index is 9.52. The van der Waals surface area contributed by atoms with Crippen LogP contribution in [0.5, 0.6) is 0 Å². The predicted molar refractivity (Wildman–Crippen MR) is 107 cm³/mol. The summed E-state index contributed by atoms with van der Waals surface area (Å²) in [6.45, 7) is 0.734.